The highest BCUT2D eigenvalue weighted by Crippen LogP contribution is 2.27. The first-order valence-electron chi connectivity index (χ1n) is 5.19. The molecule has 0 aliphatic heterocycles. The fraction of sp³-hybridized carbons (Fsp3) is 0.500. The van der Waals surface area contributed by atoms with Crippen molar-refractivity contribution in [2.75, 3.05) is 6.54 Å². The van der Waals surface area contributed by atoms with Gasteiger partial charge in [-0.3, -0.25) is 0 Å². The van der Waals surface area contributed by atoms with Gasteiger partial charge in [0.2, 0.25) is 0 Å². The molecule has 0 aliphatic carbocycles. The zero-order valence-corrected chi connectivity index (χ0v) is 9.68. The number of unbranched alkanes of at least 4 members (excludes halogenated alkanes) is 1. The van der Waals surface area contributed by atoms with Crippen molar-refractivity contribution in [3.05, 3.63) is 23.1 Å². The van der Waals surface area contributed by atoms with Gasteiger partial charge < -0.3 is 9.73 Å². The van der Waals surface area contributed by atoms with E-state index >= 15 is 0 Å². The van der Waals surface area contributed by atoms with E-state index in [1.54, 1.807) is 6.26 Å². The van der Waals surface area contributed by atoms with Crippen molar-refractivity contribution in [2.45, 2.75) is 32.2 Å². The molecule has 15 heavy (non-hydrogen) atoms. The summed E-state index contributed by atoms with van der Waals surface area (Å²) in [4.78, 5) is 0. The summed E-state index contributed by atoms with van der Waals surface area (Å²) in [5.74, 6) is 2.64. The molecular weight excluding hydrogens is 210 g/mol. The Kier molecular flexibility index (Phi) is 5.31. The van der Waals surface area contributed by atoms with Crippen molar-refractivity contribution in [3.8, 4) is 12.3 Å². The van der Waals surface area contributed by atoms with Crippen LogP contribution in [-0.2, 0) is 0 Å². The van der Waals surface area contributed by atoms with Crippen LogP contribution >= 0.6 is 11.6 Å². The lowest BCUT2D eigenvalue weighted by Crippen LogP contribution is -2.20. The van der Waals surface area contributed by atoms with Gasteiger partial charge in [-0.05, 0) is 37.1 Å². The first-order valence-corrected chi connectivity index (χ1v) is 5.57. The van der Waals surface area contributed by atoms with Crippen LogP contribution in [0.5, 0.6) is 0 Å². The molecule has 1 atom stereocenters. The van der Waals surface area contributed by atoms with E-state index in [9.17, 15) is 0 Å². The monoisotopic (exact) mass is 225 g/mol. The second-order valence-electron chi connectivity index (χ2n) is 3.36. The quantitative estimate of drug-likeness (QED) is 0.593. The molecule has 82 valence electrons. The van der Waals surface area contributed by atoms with Gasteiger partial charge in [0, 0.05) is 18.0 Å². The molecule has 3 heteroatoms. The molecule has 0 saturated heterocycles. The molecule has 0 spiro atoms. The number of hydrogen-bond acceptors (Lipinski definition) is 2. The number of nitrogens with one attached hydrogen (secondary N) is 1. The standard InChI is InChI=1S/C12H16ClNO/c1-3-5-6-7-11(14-4-2)10-8-9-15-12(10)13/h1,8-9,11,14H,4-7H2,2H3. The molecule has 1 aromatic rings. The molecule has 1 unspecified atom stereocenters. The summed E-state index contributed by atoms with van der Waals surface area (Å²) >= 11 is 5.94. The van der Waals surface area contributed by atoms with E-state index in [-0.39, 0.29) is 6.04 Å². The Morgan fingerprint density at radius 3 is 3.00 bits per heavy atom. The van der Waals surface area contributed by atoms with Crippen molar-refractivity contribution in [2.24, 2.45) is 0 Å². The summed E-state index contributed by atoms with van der Waals surface area (Å²) in [5.41, 5.74) is 1.02. The highest BCUT2D eigenvalue weighted by molar-refractivity contribution is 6.29. The highest BCUT2D eigenvalue weighted by Gasteiger charge is 2.15. The Morgan fingerprint density at radius 2 is 2.47 bits per heavy atom. The van der Waals surface area contributed by atoms with Crippen molar-refractivity contribution in [1.29, 1.82) is 0 Å². The van der Waals surface area contributed by atoms with Gasteiger partial charge in [-0.25, -0.2) is 0 Å². The van der Waals surface area contributed by atoms with Gasteiger partial charge in [-0.2, -0.15) is 0 Å². The average Bonchev–Trinajstić information content (AvgIpc) is 2.64. The molecule has 1 heterocycles. The third kappa shape index (κ3) is 3.62. The first-order chi connectivity index (χ1) is 7.29. The maximum Gasteiger partial charge on any atom is 0.197 e. The van der Waals surface area contributed by atoms with Crippen LogP contribution in [0.4, 0.5) is 0 Å². The minimum Gasteiger partial charge on any atom is -0.453 e. The van der Waals surface area contributed by atoms with E-state index in [4.69, 9.17) is 22.4 Å². The van der Waals surface area contributed by atoms with Crippen molar-refractivity contribution in [1.82, 2.24) is 5.32 Å². The van der Waals surface area contributed by atoms with Crippen LogP contribution < -0.4 is 5.32 Å². The molecule has 0 radical (unpaired) electrons. The zero-order chi connectivity index (χ0) is 11.1. The first kappa shape index (κ1) is 12.2. The lowest BCUT2D eigenvalue weighted by molar-refractivity contribution is 0.491. The van der Waals surface area contributed by atoms with Gasteiger partial charge in [0.25, 0.3) is 0 Å². The van der Waals surface area contributed by atoms with E-state index in [1.807, 2.05) is 6.07 Å². The summed E-state index contributed by atoms with van der Waals surface area (Å²) in [5, 5.41) is 3.85. The topological polar surface area (TPSA) is 25.2 Å². The Hall–Kier alpha value is -0.910. The van der Waals surface area contributed by atoms with Gasteiger partial charge in [-0.15, -0.1) is 12.3 Å². The Bertz CT molecular complexity index is 327. The van der Waals surface area contributed by atoms with Crippen molar-refractivity contribution in [3.63, 3.8) is 0 Å². The zero-order valence-electron chi connectivity index (χ0n) is 8.92. The summed E-state index contributed by atoms with van der Waals surface area (Å²) in [6.45, 7) is 2.98. The second kappa shape index (κ2) is 6.55. The summed E-state index contributed by atoms with van der Waals surface area (Å²) in [6, 6.07) is 2.15. The molecule has 2 nitrogen and oxygen atoms in total. The van der Waals surface area contributed by atoms with Crippen LogP contribution in [0.15, 0.2) is 16.7 Å². The van der Waals surface area contributed by atoms with Crippen LogP contribution in [-0.4, -0.2) is 6.54 Å². The Morgan fingerprint density at radius 1 is 1.67 bits per heavy atom. The van der Waals surface area contributed by atoms with Gasteiger partial charge in [0.15, 0.2) is 5.22 Å². The van der Waals surface area contributed by atoms with Crippen LogP contribution in [0.3, 0.4) is 0 Å². The maximum atomic E-state index is 5.94. The third-order valence-electron chi connectivity index (χ3n) is 2.29. The highest BCUT2D eigenvalue weighted by atomic mass is 35.5. The van der Waals surface area contributed by atoms with Crippen LogP contribution in [0, 0.1) is 12.3 Å². The van der Waals surface area contributed by atoms with E-state index in [0.717, 1.165) is 31.4 Å². The predicted octanol–water partition coefficient (Wildman–Crippen LogP) is 3.39. The minimum atomic E-state index is 0.245. The van der Waals surface area contributed by atoms with Crippen molar-refractivity contribution < 1.29 is 4.42 Å². The molecule has 1 N–H and O–H groups in total. The van der Waals surface area contributed by atoms with E-state index in [2.05, 4.69) is 18.2 Å². The van der Waals surface area contributed by atoms with Crippen LogP contribution in [0.2, 0.25) is 5.22 Å². The van der Waals surface area contributed by atoms with Gasteiger partial charge >= 0.3 is 0 Å². The van der Waals surface area contributed by atoms with E-state index < -0.39 is 0 Å². The van der Waals surface area contributed by atoms with E-state index in [0.29, 0.717) is 5.22 Å². The number of furan rings is 1. The molecular formula is C12H16ClNO. The number of hydrogen-bond donors (Lipinski definition) is 1. The van der Waals surface area contributed by atoms with E-state index in [1.165, 1.54) is 0 Å². The Balaban J connectivity index is 2.58. The lowest BCUT2D eigenvalue weighted by atomic mass is 10.0. The summed E-state index contributed by atoms with van der Waals surface area (Å²) in [7, 11) is 0. The SMILES string of the molecule is C#CCCCC(NCC)c1ccoc1Cl. The van der Waals surface area contributed by atoms with Crippen LogP contribution in [0.25, 0.3) is 0 Å². The fourth-order valence-corrected chi connectivity index (χ4v) is 1.82. The number of terminal acetylenes is 1. The molecule has 0 bridgehead atoms. The van der Waals surface area contributed by atoms with Crippen LogP contribution in [0.1, 0.15) is 37.8 Å². The maximum absolute atomic E-state index is 5.94. The van der Waals surface area contributed by atoms with Gasteiger partial charge in [0.05, 0.1) is 6.26 Å². The molecule has 1 aromatic heterocycles. The molecule has 0 saturated carbocycles. The largest absolute Gasteiger partial charge is 0.453 e. The molecule has 0 aliphatic rings. The lowest BCUT2D eigenvalue weighted by Gasteiger charge is -2.15. The fourth-order valence-electron chi connectivity index (χ4n) is 1.58. The van der Waals surface area contributed by atoms with Gasteiger partial charge in [0.1, 0.15) is 0 Å². The average molecular weight is 226 g/mol. The molecule has 0 aromatic carbocycles. The smallest absolute Gasteiger partial charge is 0.197 e. The molecule has 0 amide bonds. The number of halogens is 1. The van der Waals surface area contributed by atoms with Crippen molar-refractivity contribution >= 4 is 11.6 Å². The molecule has 1 rings (SSSR count). The summed E-state index contributed by atoms with van der Waals surface area (Å²) < 4.78 is 5.08. The second-order valence-corrected chi connectivity index (χ2v) is 3.70. The minimum absolute atomic E-state index is 0.245. The number of rotatable bonds is 6. The normalized spacial score (nSPS) is 12.3. The summed E-state index contributed by atoms with van der Waals surface area (Å²) in [6.07, 6.45) is 9.62. The predicted molar refractivity (Wildman–Crippen MR) is 62.8 cm³/mol. The van der Waals surface area contributed by atoms with Gasteiger partial charge in [-0.1, -0.05) is 6.92 Å². The molecule has 0 fully saturated rings. The Labute approximate surface area is 96.0 Å². The third-order valence-corrected chi connectivity index (χ3v) is 2.59.